The molecule has 5 N–H and O–H groups in total. The van der Waals surface area contributed by atoms with E-state index in [4.69, 9.17) is 10.5 Å². The van der Waals surface area contributed by atoms with Gasteiger partial charge in [-0.05, 0) is 55.7 Å². The van der Waals surface area contributed by atoms with Crippen molar-refractivity contribution in [3.8, 4) is 0 Å². The second-order valence-electron chi connectivity index (χ2n) is 10.1. The van der Waals surface area contributed by atoms with Crippen LogP contribution in [0.2, 0.25) is 0 Å². The maximum absolute atomic E-state index is 13.0. The summed E-state index contributed by atoms with van der Waals surface area (Å²) in [7, 11) is 0. The number of nitrogens with zero attached hydrogens (tertiary/aromatic N) is 1. The summed E-state index contributed by atoms with van der Waals surface area (Å²) in [5.41, 5.74) is 9.21. The molecule has 0 saturated carbocycles. The molecule has 0 saturated heterocycles. The molecule has 1 aromatic heterocycles. The number of nitrogens with one attached hydrogen (secondary N) is 3. The van der Waals surface area contributed by atoms with Gasteiger partial charge >= 0.3 is 6.18 Å². The number of carbonyl (C=O) groups excluding carboxylic acids is 2. The Balaban J connectivity index is 0.00000259. The predicted octanol–water partition coefficient (Wildman–Crippen LogP) is 6.68. The van der Waals surface area contributed by atoms with E-state index in [2.05, 4.69) is 20.9 Å². The fraction of sp³-hybridized carbons (Fsp3) is 0.364. The molecule has 2 heterocycles. The van der Waals surface area contributed by atoms with E-state index in [0.717, 1.165) is 34.5 Å². The van der Waals surface area contributed by atoms with Gasteiger partial charge in [-0.15, -0.1) is 0 Å². The SMILES string of the molecule is CC.CC1CCNc2c(cnc(N)c2Cc2ccc(NC(=O)c3cccc(C(F)(F)F)c3)cc2)/C=C/CCOCCC(=O)N1. The van der Waals surface area contributed by atoms with E-state index >= 15 is 0 Å². The van der Waals surface area contributed by atoms with Crippen molar-refractivity contribution in [2.75, 3.05) is 36.1 Å². The van der Waals surface area contributed by atoms with Crippen molar-refractivity contribution in [2.24, 2.45) is 0 Å². The van der Waals surface area contributed by atoms with Crippen LogP contribution in [0, 0.1) is 0 Å². The molecular weight excluding hydrogens is 571 g/mol. The molecule has 2 aromatic carbocycles. The number of aromatic nitrogens is 1. The van der Waals surface area contributed by atoms with Gasteiger partial charge < -0.3 is 26.4 Å². The lowest BCUT2D eigenvalue weighted by molar-refractivity contribution is -0.137. The second-order valence-corrected chi connectivity index (χ2v) is 10.1. The highest BCUT2D eigenvalue weighted by molar-refractivity contribution is 6.04. The quantitative estimate of drug-likeness (QED) is 0.261. The van der Waals surface area contributed by atoms with Crippen LogP contribution in [0.4, 0.5) is 30.4 Å². The van der Waals surface area contributed by atoms with Gasteiger partial charge in [0.05, 0.1) is 24.5 Å². The summed E-state index contributed by atoms with van der Waals surface area (Å²) < 4.78 is 44.7. The third-order valence-corrected chi connectivity index (χ3v) is 6.77. The van der Waals surface area contributed by atoms with E-state index in [1.165, 1.54) is 12.1 Å². The Morgan fingerprint density at radius 2 is 1.89 bits per heavy atom. The Morgan fingerprint density at radius 3 is 2.61 bits per heavy atom. The number of alkyl halides is 3. The van der Waals surface area contributed by atoms with Gasteiger partial charge in [0.1, 0.15) is 5.82 Å². The molecule has 8 nitrogen and oxygen atoms in total. The van der Waals surface area contributed by atoms with E-state index in [1.807, 2.05) is 45.1 Å². The molecule has 3 aromatic rings. The molecule has 0 radical (unpaired) electrons. The maximum Gasteiger partial charge on any atom is 0.416 e. The number of halogens is 3. The molecule has 0 aliphatic carbocycles. The van der Waals surface area contributed by atoms with Crippen molar-refractivity contribution in [1.82, 2.24) is 10.3 Å². The molecule has 11 heteroatoms. The molecule has 44 heavy (non-hydrogen) atoms. The van der Waals surface area contributed by atoms with Gasteiger partial charge in [0, 0.05) is 54.0 Å². The lowest BCUT2D eigenvalue weighted by Gasteiger charge is -2.19. The Labute approximate surface area is 256 Å². The van der Waals surface area contributed by atoms with Crippen LogP contribution in [0.5, 0.6) is 0 Å². The number of nitrogens with two attached hydrogens (primary N) is 1. The van der Waals surface area contributed by atoms with Crippen LogP contribution in [0.15, 0.2) is 60.8 Å². The van der Waals surface area contributed by atoms with Gasteiger partial charge in [-0.1, -0.05) is 44.2 Å². The normalized spacial score (nSPS) is 16.9. The molecule has 1 unspecified atom stereocenters. The Bertz CT molecular complexity index is 1430. The molecule has 4 rings (SSSR count). The number of carbonyl (C=O) groups is 2. The standard InChI is InChI=1S/C31H34F3N5O3.C2H6/c1-20-12-14-36-28-23(5-2-3-15-42-16-13-27(40)38-20)19-37-29(35)26(28)17-21-8-10-25(11-9-21)39-30(41)22-6-4-7-24(18-22)31(32,33)34;1-2/h2,4-11,18-20,36H,3,12-17H2,1H3,(H2,35,37)(H,38,40)(H,39,41);1-2H3/b5-2+;. The van der Waals surface area contributed by atoms with Crippen molar-refractivity contribution in [3.63, 3.8) is 0 Å². The van der Waals surface area contributed by atoms with E-state index in [1.54, 1.807) is 18.3 Å². The molecule has 0 spiro atoms. The number of fused-ring (bicyclic) bond motifs is 1. The van der Waals surface area contributed by atoms with Crippen LogP contribution in [0.25, 0.3) is 6.08 Å². The number of anilines is 3. The van der Waals surface area contributed by atoms with Crippen molar-refractivity contribution >= 4 is 35.1 Å². The number of amides is 2. The van der Waals surface area contributed by atoms with Crippen molar-refractivity contribution in [1.29, 1.82) is 0 Å². The van der Waals surface area contributed by atoms with Crippen LogP contribution < -0.4 is 21.7 Å². The summed E-state index contributed by atoms with van der Waals surface area (Å²) in [4.78, 5) is 29.1. The Kier molecular flexibility index (Phi) is 12.8. The van der Waals surface area contributed by atoms with E-state index in [9.17, 15) is 22.8 Å². The summed E-state index contributed by atoms with van der Waals surface area (Å²) in [6, 6.07) is 11.3. The molecule has 0 bridgehead atoms. The van der Waals surface area contributed by atoms with Crippen molar-refractivity contribution in [3.05, 3.63) is 88.6 Å². The van der Waals surface area contributed by atoms with Crippen molar-refractivity contribution in [2.45, 2.75) is 58.7 Å². The zero-order valence-electron chi connectivity index (χ0n) is 25.3. The average molecular weight is 612 g/mol. The highest BCUT2D eigenvalue weighted by atomic mass is 19.4. The molecule has 0 fully saturated rings. The molecule has 2 amide bonds. The lowest BCUT2D eigenvalue weighted by Crippen LogP contribution is -2.34. The predicted molar refractivity (Wildman–Crippen MR) is 168 cm³/mol. The fourth-order valence-corrected chi connectivity index (χ4v) is 4.51. The first kappa shape index (κ1) is 34.1. The third kappa shape index (κ3) is 10.1. The van der Waals surface area contributed by atoms with Gasteiger partial charge in [0.25, 0.3) is 5.91 Å². The average Bonchev–Trinajstić information content (AvgIpc) is 3.00. The zero-order chi connectivity index (χ0) is 32.1. The first-order valence-corrected chi connectivity index (χ1v) is 14.7. The molecule has 1 aliphatic rings. The first-order valence-electron chi connectivity index (χ1n) is 14.7. The van der Waals surface area contributed by atoms with E-state index < -0.39 is 17.6 Å². The minimum Gasteiger partial charge on any atom is -0.384 e. The number of benzene rings is 2. The summed E-state index contributed by atoms with van der Waals surface area (Å²) in [6.45, 7) is 7.41. The minimum absolute atomic E-state index is 0.0320. The van der Waals surface area contributed by atoms with E-state index in [-0.39, 0.29) is 17.5 Å². The first-order chi connectivity index (χ1) is 21.1. The number of pyridine rings is 1. The van der Waals surface area contributed by atoms with Crippen LogP contribution in [-0.4, -0.2) is 42.6 Å². The summed E-state index contributed by atoms with van der Waals surface area (Å²) in [6.07, 6.45) is 3.27. The number of hydrogen-bond acceptors (Lipinski definition) is 6. The number of nitrogen functional groups attached to an aromatic ring is 1. The van der Waals surface area contributed by atoms with Gasteiger partial charge in [-0.2, -0.15) is 13.2 Å². The van der Waals surface area contributed by atoms with Gasteiger partial charge in [0.15, 0.2) is 0 Å². The highest BCUT2D eigenvalue weighted by Crippen LogP contribution is 2.31. The zero-order valence-corrected chi connectivity index (χ0v) is 25.3. The van der Waals surface area contributed by atoms with Gasteiger partial charge in [-0.3, -0.25) is 9.59 Å². The third-order valence-electron chi connectivity index (χ3n) is 6.77. The topological polar surface area (TPSA) is 118 Å². The minimum atomic E-state index is -4.54. The Hall–Kier alpha value is -4.38. The molecule has 1 atom stereocenters. The Morgan fingerprint density at radius 1 is 1.14 bits per heavy atom. The van der Waals surface area contributed by atoms with Crippen LogP contribution in [-0.2, 0) is 22.1 Å². The van der Waals surface area contributed by atoms with Crippen molar-refractivity contribution < 1.29 is 27.5 Å². The number of hydrogen-bond donors (Lipinski definition) is 4. The summed E-state index contributed by atoms with van der Waals surface area (Å²) in [5.74, 6) is -0.310. The maximum atomic E-state index is 13.0. The lowest BCUT2D eigenvalue weighted by atomic mass is 10.0. The summed E-state index contributed by atoms with van der Waals surface area (Å²) >= 11 is 0. The smallest absolute Gasteiger partial charge is 0.384 e. The van der Waals surface area contributed by atoms with E-state index in [0.29, 0.717) is 56.9 Å². The largest absolute Gasteiger partial charge is 0.416 e. The summed E-state index contributed by atoms with van der Waals surface area (Å²) in [5, 5.41) is 9.12. The van der Waals surface area contributed by atoms with Crippen LogP contribution >= 0.6 is 0 Å². The second kappa shape index (κ2) is 16.5. The van der Waals surface area contributed by atoms with Gasteiger partial charge in [0.2, 0.25) is 5.91 Å². The number of rotatable bonds is 4. The van der Waals surface area contributed by atoms with Crippen LogP contribution in [0.1, 0.15) is 72.6 Å². The highest BCUT2D eigenvalue weighted by Gasteiger charge is 2.31. The van der Waals surface area contributed by atoms with Gasteiger partial charge in [-0.25, -0.2) is 4.98 Å². The molecule has 236 valence electrons. The fourth-order valence-electron chi connectivity index (χ4n) is 4.51. The van der Waals surface area contributed by atoms with Crippen LogP contribution in [0.3, 0.4) is 0 Å². The molecular formula is C33H40F3N5O3. The molecule has 1 aliphatic heterocycles. The number of ether oxygens (including phenoxy) is 1. The monoisotopic (exact) mass is 611 g/mol.